The molecule has 6 nitrogen and oxygen atoms in total. The van der Waals surface area contributed by atoms with Crippen molar-refractivity contribution in [2.75, 3.05) is 6.54 Å². The van der Waals surface area contributed by atoms with Crippen molar-refractivity contribution in [1.29, 1.82) is 0 Å². The minimum Gasteiger partial charge on any atom is -0.484 e. The zero-order chi connectivity index (χ0) is 18.6. The van der Waals surface area contributed by atoms with Crippen molar-refractivity contribution in [3.8, 4) is 5.75 Å². The highest BCUT2D eigenvalue weighted by Gasteiger charge is 2.31. The lowest BCUT2D eigenvalue weighted by atomic mass is 10.0. The Morgan fingerprint density at radius 2 is 2.33 bits per heavy atom. The molecule has 1 atom stereocenters. The van der Waals surface area contributed by atoms with Crippen LogP contribution in [-0.4, -0.2) is 27.3 Å². The maximum atomic E-state index is 13.2. The number of halogens is 1. The molecule has 2 aromatic heterocycles. The zero-order valence-corrected chi connectivity index (χ0v) is 15.3. The molecule has 0 bridgehead atoms. The summed E-state index contributed by atoms with van der Waals surface area (Å²) in [7, 11) is 0. The van der Waals surface area contributed by atoms with E-state index < -0.39 is 0 Å². The van der Waals surface area contributed by atoms with Crippen molar-refractivity contribution in [1.82, 2.24) is 14.9 Å². The van der Waals surface area contributed by atoms with E-state index in [4.69, 9.17) is 9.15 Å². The summed E-state index contributed by atoms with van der Waals surface area (Å²) in [5, 5.41) is 2.87. The number of benzene rings is 1. The van der Waals surface area contributed by atoms with Crippen LogP contribution < -0.4 is 4.74 Å². The molecule has 0 spiro atoms. The maximum absolute atomic E-state index is 13.2. The summed E-state index contributed by atoms with van der Waals surface area (Å²) in [6.07, 6.45) is 6.03. The molecule has 1 aromatic carbocycles. The number of hydrogen-bond acceptors (Lipinski definition) is 6. The lowest BCUT2D eigenvalue weighted by Crippen LogP contribution is -2.38. The Balaban J connectivity index is 1.44. The largest absolute Gasteiger partial charge is 0.484 e. The summed E-state index contributed by atoms with van der Waals surface area (Å²) in [6.45, 7) is 0.692. The number of ether oxygens (including phenoxy) is 1. The highest BCUT2D eigenvalue weighted by atomic mass is 32.1. The van der Waals surface area contributed by atoms with Crippen LogP contribution in [0.1, 0.15) is 46.7 Å². The highest BCUT2D eigenvalue weighted by molar-refractivity contribution is 7.09. The quantitative estimate of drug-likeness (QED) is 0.656. The monoisotopic (exact) mass is 387 g/mol. The van der Waals surface area contributed by atoms with Crippen LogP contribution in [0.4, 0.5) is 4.39 Å². The van der Waals surface area contributed by atoms with Gasteiger partial charge in [-0.25, -0.2) is 14.4 Å². The molecule has 1 saturated heterocycles. The van der Waals surface area contributed by atoms with Crippen molar-refractivity contribution in [3.05, 3.63) is 64.5 Å². The lowest BCUT2D eigenvalue weighted by Gasteiger charge is -2.33. The molecule has 8 heteroatoms. The van der Waals surface area contributed by atoms with Crippen LogP contribution in [0.15, 0.2) is 46.5 Å². The van der Waals surface area contributed by atoms with E-state index in [2.05, 4.69) is 9.97 Å². The fourth-order valence-electron chi connectivity index (χ4n) is 3.15. The number of hydrogen-bond donors (Lipinski definition) is 0. The third kappa shape index (κ3) is 4.00. The van der Waals surface area contributed by atoms with Crippen LogP contribution in [0.5, 0.6) is 5.75 Å². The molecule has 1 amide bonds. The second-order valence-electron chi connectivity index (χ2n) is 6.25. The number of nitrogens with zero attached hydrogens (tertiary/aromatic N) is 3. The van der Waals surface area contributed by atoms with E-state index in [9.17, 15) is 9.18 Å². The molecule has 0 aliphatic carbocycles. The SMILES string of the molecule is O=C(c1coc(COc2cccc(F)c2)n1)N1CCCC[C@@H]1c1nccs1. The number of carbonyl (C=O) groups is 1. The minimum absolute atomic E-state index is 0.0186. The molecule has 3 aromatic rings. The number of aromatic nitrogens is 2. The fraction of sp³-hybridized carbons (Fsp3) is 0.316. The van der Waals surface area contributed by atoms with Gasteiger partial charge < -0.3 is 14.1 Å². The number of amides is 1. The number of thiazole rings is 1. The van der Waals surface area contributed by atoms with Crippen molar-refractivity contribution in [3.63, 3.8) is 0 Å². The van der Waals surface area contributed by atoms with Gasteiger partial charge in [-0.05, 0) is 31.4 Å². The molecule has 1 aliphatic rings. The van der Waals surface area contributed by atoms with E-state index in [0.717, 1.165) is 24.3 Å². The first-order valence-electron chi connectivity index (χ1n) is 8.74. The number of rotatable bonds is 5. The van der Waals surface area contributed by atoms with Crippen LogP contribution >= 0.6 is 11.3 Å². The van der Waals surface area contributed by atoms with Crippen molar-refractivity contribution < 1.29 is 18.3 Å². The average molecular weight is 387 g/mol. The predicted molar refractivity (Wildman–Crippen MR) is 97.0 cm³/mol. The second-order valence-corrected chi connectivity index (χ2v) is 7.18. The van der Waals surface area contributed by atoms with Crippen LogP contribution in [0.3, 0.4) is 0 Å². The van der Waals surface area contributed by atoms with Crippen LogP contribution in [-0.2, 0) is 6.61 Å². The molecule has 0 unspecified atom stereocenters. The van der Waals surface area contributed by atoms with E-state index in [-0.39, 0.29) is 36.0 Å². The molecule has 0 N–H and O–H groups in total. The summed E-state index contributed by atoms with van der Waals surface area (Å²) < 4.78 is 24.0. The van der Waals surface area contributed by atoms with Crippen LogP contribution in [0.25, 0.3) is 0 Å². The molecule has 0 saturated carbocycles. The van der Waals surface area contributed by atoms with E-state index >= 15 is 0 Å². The number of likely N-dealkylation sites (tertiary alicyclic amines) is 1. The normalized spacial score (nSPS) is 17.1. The fourth-order valence-corrected chi connectivity index (χ4v) is 3.94. The van der Waals surface area contributed by atoms with Gasteiger partial charge in [-0.15, -0.1) is 11.3 Å². The Bertz CT molecular complexity index is 913. The van der Waals surface area contributed by atoms with Crippen molar-refractivity contribution in [2.45, 2.75) is 31.9 Å². The third-order valence-electron chi connectivity index (χ3n) is 4.43. The molecule has 140 valence electrons. The standard InChI is InChI=1S/C19H18FN3O3S/c20-13-4-3-5-14(10-13)25-12-17-22-15(11-26-17)19(24)23-8-2-1-6-16(23)18-21-7-9-27-18/h3-5,7,9-11,16H,1-2,6,8,12H2/t16-/m1/s1. The Labute approximate surface area is 159 Å². The number of oxazole rings is 1. The van der Waals surface area contributed by atoms with E-state index in [1.165, 1.54) is 18.4 Å². The first-order chi connectivity index (χ1) is 13.2. The number of carbonyl (C=O) groups excluding carboxylic acids is 1. The summed E-state index contributed by atoms with van der Waals surface area (Å²) in [5.74, 6) is 0.0936. The number of piperidine rings is 1. The van der Waals surface area contributed by atoms with Gasteiger partial charge in [-0.1, -0.05) is 6.07 Å². The first-order valence-corrected chi connectivity index (χ1v) is 9.62. The first kappa shape index (κ1) is 17.7. The molecular weight excluding hydrogens is 369 g/mol. The smallest absolute Gasteiger partial charge is 0.276 e. The van der Waals surface area contributed by atoms with E-state index in [0.29, 0.717) is 12.3 Å². The van der Waals surface area contributed by atoms with Gasteiger partial charge in [0.2, 0.25) is 5.89 Å². The van der Waals surface area contributed by atoms with E-state index in [1.54, 1.807) is 29.7 Å². The highest BCUT2D eigenvalue weighted by Crippen LogP contribution is 2.33. The molecule has 4 rings (SSSR count). The van der Waals surface area contributed by atoms with Crippen molar-refractivity contribution >= 4 is 17.2 Å². The molecule has 3 heterocycles. The average Bonchev–Trinajstić information content (AvgIpc) is 3.38. The van der Waals surface area contributed by atoms with Gasteiger partial charge in [-0.3, -0.25) is 4.79 Å². The molecule has 0 radical (unpaired) electrons. The van der Waals surface area contributed by atoms with E-state index in [1.807, 2.05) is 10.3 Å². The lowest BCUT2D eigenvalue weighted by molar-refractivity contribution is 0.0605. The van der Waals surface area contributed by atoms with Gasteiger partial charge in [0.1, 0.15) is 22.8 Å². The minimum atomic E-state index is -0.380. The Kier molecular flexibility index (Phi) is 5.15. The van der Waals surface area contributed by atoms with Gasteiger partial charge in [0.05, 0.1) is 6.04 Å². The topological polar surface area (TPSA) is 68.5 Å². The molecule has 27 heavy (non-hydrogen) atoms. The Morgan fingerprint density at radius 1 is 1.41 bits per heavy atom. The van der Waals surface area contributed by atoms with Gasteiger partial charge >= 0.3 is 0 Å². The molecule has 1 aliphatic heterocycles. The molecular formula is C19H18FN3O3S. The van der Waals surface area contributed by atoms with Gasteiger partial charge in [0, 0.05) is 24.2 Å². The summed E-state index contributed by atoms with van der Waals surface area (Å²) in [4.78, 5) is 23.4. The maximum Gasteiger partial charge on any atom is 0.276 e. The summed E-state index contributed by atoms with van der Waals surface area (Å²) in [6, 6.07) is 5.80. The summed E-state index contributed by atoms with van der Waals surface area (Å²) in [5.41, 5.74) is 0.247. The Hall–Kier alpha value is -2.74. The van der Waals surface area contributed by atoms with Crippen molar-refractivity contribution in [2.24, 2.45) is 0 Å². The second kappa shape index (κ2) is 7.87. The predicted octanol–water partition coefficient (Wildman–Crippen LogP) is 4.22. The van der Waals surface area contributed by atoms with Gasteiger partial charge in [0.15, 0.2) is 12.3 Å². The van der Waals surface area contributed by atoms with Gasteiger partial charge in [0.25, 0.3) is 5.91 Å². The van der Waals surface area contributed by atoms with Crippen LogP contribution in [0.2, 0.25) is 0 Å². The zero-order valence-electron chi connectivity index (χ0n) is 14.5. The molecule has 1 fully saturated rings. The summed E-state index contributed by atoms with van der Waals surface area (Å²) >= 11 is 1.56. The van der Waals surface area contributed by atoms with Gasteiger partial charge in [-0.2, -0.15) is 0 Å². The third-order valence-corrected chi connectivity index (χ3v) is 5.31. The van der Waals surface area contributed by atoms with Crippen LogP contribution in [0, 0.1) is 5.82 Å². The Morgan fingerprint density at radius 3 is 3.15 bits per heavy atom.